The normalized spacial score (nSPS) is 14.2. The van der Waals surface area contributed by atoms with Gasteiger partial charge in [0, 0.05) is 23.4 Å². The van der Waals surface area contributed by atoms with Crippen molar-refractivity contribution < 1.29 is 8.78 Å². The number of rotatable bonds is 3. The van der Waals surface area contributed by atoms with E-state index in [4.69, 9.17) is 11.6 Å². The van der Waals surface area contributed by atoms with Crippen molar-refractivity contribution in [3.05, 3.63) is 65.5 Å². The Morgan fingerprint density at radius 1 is 1.11 bits per heavy atom. The molecule has 2 unspecified atom stereocenters. The highest BCUT2D eigenvalue weighted by atomic mass is 35.5. The van der Waals surface area contributed by atoms with Gasteiger partial charge in [0.1, 0.15) is 0 Å². The highest BCUT2D eigenvalue weighted by molar-refractivity contribution is 6.21. The summed E-state index contributed by atoms with van der Waals surface area (Å²) in [5.41, 5.74) is 0.913. The zero-order valence-electron chi connectivity index (χ0n) is 9.78. The fourth-order valence-corrected chi connectivity index (χ4v) is 2.10. The summed E-state index contributed by atoms with van der Waals surface area (Å²) in [5, 5.41) is -0.657. The van der Waals surface area contributed by atoms with E-state index in [1.807, 2.05) is 19.1 Å². The van der Waals surface area contributed by atoms with E-state index in [0.29, 0.717) is 0 Å². The molecule has 2 aromatic rings. The van der Waals surface area contributed by atoms with Gasteiger partial charge in [-0.25, -0.2) is 8.78 Å². The second-order valence-electron chi connectivity index (χ2n) is 4.09. The molecule has 0 saturated heterocycles. The van der Waals surface area contributed by atoms with E-state index in [2.05, 4.69) is 4.98 Å². The molecule has 0 spiro atoms. The Morgan fingerprint density at radius 2 is 1.89 bits per heavy atom. The van der Waals surface area contributed by atoms with Crippen LogP contribution in [0, 0.1) is 11.6 Å². The molecule has 0 radical (unpaired) electrons. The highest BCUT2D eigenvalue weighted by Crippen LogP contribution is 2.36. The highest BCUT2D eigenvalue weighted by Gasteiger charge is 2.23. The van der Waals surface area contributed by atoms with Crippen LogP contribution < -0.4 is 0 Å². The quantitative estimate of drug-likeness (QED) is 0.749. The van der Waals surface area contributed by atoms with E-state index in [1.54, 1.807) is 12.3 Å². The van der Waals surface area contributed by atoms with E-state index < -0.39 is 17.0 Å². The van der Waals surface area contributed by atoms with Crippen molar-refractivity contribution in [3.8, 4) is 0 Å². The molecule has 0 bridgehead atoms. The Morgan fingerprint density at radius 3 is 2.56 bits per heavy atom. The number of hydrogen-bond acceptors (Lipinski definition) is 1. The molecule has 0 saturated carbocycles. The number of nitrogens with zero attached hydrogens (tertiary/aromatic N) is 1. The van der Waals surface area contributed by atoms with Crippen molar-refractivity contribution in [1.82, 2.24) is 4.98 Å². The molecule has 0 aliphatic rings. The van der Waals surface area contributed by atoms with Gasteiger partial charge in [-0.05, 0) is 18.2 Å². The van der Waals surface area contributed by atoms with Gasteiger partial charge in [0.05, 0.1) is 5.38 Å². The third kappa shape index (κ3) is 2.51. The average molecular weight is 268 g/mol. The third-order valence-electron chi connectivity index (χ3n) is 2.87. The molecular weight excluding hydrogens is 256 g/mol. The van der Waals surface area contributed by atoms with Gasteiger partial charge in [0.15, 0.2) is 11.6 Å². The minimum absolute atomic E-state index is 0.162. The number of pyridine rings is 1. The standard InChI is InChI=1S/C14H12ClF2N/c1-9(12-7-2-3-8-18-12)13(15)10-5-4-6-11(16)14(10)17/h2-9,13H,1H3. The molecule has 18 heavy (non-hydrogen) atoms. The SMILES string of the molecule is CC(c1ccccn1)C(Cl)c1cccc(F)c1F. The first-order valence-electron chi connectivity index (χ1n) is 5.60. The maximum absolute atomic E-state index is 13.6. The molecule has 0 aliphatic heterocycles. The summed E-state index contributed by atoms with van der Waals surface area (Å²) in [4.78, 5) is 4.18. The smallest absolute Gasteiger partial charge is 0.163 e. The zero-order valence-corrected chi connectivity index (χ0v) is 10.5. The molecule has 1 nitrogen and oxygen atoms in total. The Kier molecular flexibility index (Phi) is 3.92. The van der Waals surface area contributed by atoms with Crippen LogP contribution in [0.25, 0.3) is 0 Å². The van der Waals surface area contributed by atoms with Crippen molar-refractivity contribution in [2.45, 2.75) is 18.2 Å². The minimum Gasteiger partial charge on any atom is -0.261 e. The van der Waals surface area contributed by atoms with Crippen LogP contribution in [0.15, 0.2) is 42.6 Å². The molecule has 2 atom stereocenters. The second-order valence-corrected chi connectivity index (χ2v) is 4.56. The van der Waals surface area contributed by atoms with Gasteiger partial charge < -0.3 is 0 Å². The largest absolute Gasteiger partial charge is 0.261 e. The number of hydrogen-bond donors (Lipinski definition) is 0. The number of benzene rings is 1. The van der Waals surface area contributed by atoms with E-state index in [-0.39, 0.29) is 11.5 Å². The molecule has 94 valence electrons. The first-order chi connectivity index (χ1) is 8.61. The molecule has 1 aromatic carbocycles. The minimum atomic E-state index is -0.889. The van der Waals surface area contributed by atoms with Crippen LogP contribution in [-0.4, -0.2) is 4.98 Å². The van der Waals surface area contributed by atoms with Crippen molar-refractivity contribution in [3.63, 3.8) is 0 Å². The third-order valence-corrected chi connectivity index (χ3v) is 3.48. The van der Waals surface area contributed by atoms with Crippen molar-refractivity contribution >= 4 is 11.6 Å². The average Bonchev–Trinajstić information content (AvgIpc) is 2.41. The Labute approximate surface area is 109 Å². The van der Waals surface area contributed by atoms with E-state index >= 15 is 0 Å². The monoisotopic (exact) mass is 267 g/mol. The lowest BCUT2D eigenvalue weighted by Gasteiger charge is -2.18. The van der Waals surface area contributed by atoms with E-state index in [9.17, 15) is 8.78 Å². The topological polar surface area (TPSA) is 12.9 Å². The first-order valence-corrected chi connectivity index (χ1v) is 6.04. The summed E-state index contributed by atoms with van der Waals surface area (Å²) in [7, 11) is 0. The fourth-order valence-electron chi connectivity index (χ4n) is 1.80. The summed E-state index contributed by atoms with van der Waals surface area (Å²) >= 11 is 6.22. The van der Waals surface area contributed by atoms with Crippen LogP contribution >= 0.6 is 11.6 Å². The van der Waals surface area contributed by atoms with Crippen molar-refractivity contribution in [2.24, 2.45) is 0 Å². The molecule has 0 amide bonds. The Hall–Kier alpha value is -1.48. The summed E-state index contributed by atoms with van der Waals surface area (Å²) in [5.74, 6) is -1.98. The summed E-state index contributed by atoms with van der Waals surface area (Å²) in [6.07, 6.45) is 1.65. The summed E-state index contributed by atoms with van der Waals surface area (Å²) in [6.45, 7) is 1.84. The second kappa shape index (κ2) is 5.44. The van der Waals surface area contributed by atoms with E-state index in [1.165, 1.54) is 12.1 Å². The van der Waals surface area contributed by atoms with Crippen LogP contribution in [0.3, 0.4) is 0 Å². The van der Waals surface area contributed by atoms with E-state index in [0.717, 1.165) is 11.8 Å². The molecular formula is C14H12ClF2N. The molecule has 1 aromatic heterocycles. The van der Waals surface area contributed by atoms with Crippen molar-refractivity contribution in [1.29, 1.82) is 0 Å². The predicted octanol–water partition coefficient (Wildman–Crippen LogP) is 4.44. The number of aromatic nitrogens is 1. The van der Waals surface area contributed by atoms with Gasteiger partial charge in [0.2, 0.25) is 0 Å². The van der Waals surface area contributed by atoms with Gasteiger partial charge in [-0.3, -0.25) is 4.98 Å². The van der Waals surface area contributed by atoms with Crippen LogP contribution in [-0.2, 0) is 0 Å². The molecule has 0 fully saturated rings. The van der Waals surface area contributed by atoms with Crippen LogP contribution in [0.4, 0.5) is 8.78 Å². The van der Waals surface area contributed by atoms with Gasteiger partial charge >= 0.3 is 0 Å². The lowest BCUT2D eigenvalue weighted by Crippen LogP contribution is -2.07. The molecule has 4 heteroatoms. The summed E-state index contributed by atoms with van der Waals surface area (Å²) in [6, 6.07) is 9.47. The fraction of sp³-hybridized carbons (Fsp3) is 0.214. The van der Waals surface area contributed by atoms with Crippen LogP contribution in [0.2, 0.25) is 0 Å². The maximum Gasteiger partial charge on any atom is 0.163 e. The van der Waals surface area contributed by atoms with Crippen LogP contribution in [0.1, 0.15) is 29.5 Å². The van der Waals surface area contributed by atoms with Gasteiger partial charge in [-0.15, -0.1) is 11.6 Å². The molecule has 0 aliphatic carbocycles. The molecule has 0 N–H and O–H groups in total. The lowest BCUT2D eigenvalue weighted by atomic mass is 9.96. The van der Waals surface area contributed by atoms with Gasteiger partial charge in [0.25, 0.3) is 0 Å². The summed E-state index contributed by atoms with van der Waals surface area (Å²) < 4.78 is 26.8. The van der Waals surface area contributed by atoms with Crippen molar-refractivity contribution in [2.75, 3.05) is 0 Å². The number of halogens is 3. The predicted molar refractivity (Wildman–Crippen MR) is 67.6 cm³/mol. The molecule has 1 heterocycles. The zero-order chi connectivity index (χ0) is 13.1. The van der Waals surface area contributed by atoms with Gasteiger partial charge in [-0.1, -0.05) is 25.1 Å². The lowest BCUT2D eigenvalue weighted by molar-refractivity contribution is 0.492. The van der Waals surface area contributed by atoms with Crippen LogP contribution in [0.5, 0.6) is 0 Å². The molecule has 2 rings (SSSR count). The first kappa shape index (κ1) is 13.0. The Bertz CT molecular complexity index is 531. The Balaban J connectivity index is 2.31. The van der Waals surface area contributed by atoms with Gasteiger partial charge in [-0.2, -0.15) is 0 Å². The number of alkyl halides is 1. The maximum atomic E-state index is 13.6.